The molecule has 0 saturated carbocycles. The minimum absolute atomic E-state index is 0.0320. The summed E-state index contributed by atoms with van der Waals surface area (Å²) in [5.41, 5.74) is -0.0362. The van der Waals surface area contributed by atoms with Gasteiger partial charge in [-0.05, 0) is 47.3 Å². The van der Waals surface area contributed by atoms with Crippen LogP contribution in [0.25, 0.3) is 10.9 Å². The minimum atomic E-state index is -4.38. The average Bonchev–Trinajstić information content (AvgIpc) is 2.83. The van der Waals surface area contributed by atoms with Crippen molar-refractivity contribution in [2.45, 2.75) is 31.7 Å². The molecule has 1 aliphatic heterocycles. The van der Waals surface area contributed by atoms with Crippen LogP contribution in [0.4, 0.5) is 13.2 Å². The topological polar surface area (TPSA) is 27.1 Å². The summed E-state index contributed by atoms with van der Waals surface area (Å²) in [6, 6.07) is 2.53. The molecule has 108 valence electrons. The summed E-state index contributed by atoms with van der Waals surface area (Å²) in [6.45, 7) is 0.661. The third-order valence-corrected chi connectivity index (χ3v) is 4.30. The summed E-state index contributed by atoms with van der Waals surface area (Å²) in [4.78, 5) is 0. The predicted molar refractivity (Wildman–Crippen MR) is 71.3 cm³/mol. The molecule has 0 radical (unpaired) electrons. The van der Waals surface area contributed by atoms with Gasteiger partial charge in [-0.1, -0.05) is 0 Å². The van der Waals surface area contributed by atoms with Crippen LogP contribution in [0.5, 0.6) is 0 Å². The highest BCUT2D eigenvalue weighted by atomic mass is 79.9. The Labute approximate surface area is 121 Å². The minimum Gasteiger partial charge on any atom is -0.356 e. The molecule has 2 heterocycles. The maximum absolute atomic E-state index is 12.9. The lowest BCUT2D eigenvalue weighted by molar-refractivity contribution is -0.138. The molecular weight excluding hydrogens is 337 g/mol. The Morgan fingerprint density at radius 1 is 1.30 bits per heavy atom. The lowest BCUT2D eigenvalue weighted by Gasteiger charge is -2.23. The quantitative estimate of drug-likeness (QED) is 0.757. The van der Waals surface area contributed by atoms with Gasteiger partial charge in [0.05, 0.1) is 17.3 Å². The molecule has 0 amide bonds. The molecule has 1 aromatic carbocycles. The fourth-order valence-electron chi connectivity index (χ4n) is 2.45. The Morgan fingerprint density at radius 2 is 2.10 bits per heavy atom. The third-order valence-electron chi connectivity index (χ3n) is 3.45. The van der Waals surface area contributed by atoms with Crippen LogP contribution in [-0.4, -0.2) is 16.4 Å². The van der Waals surface area contributed by atoms with E-state index in [0.717, 1.165) is 25.3 Å². The van der Waals surface area contributed by atoms with Crippen molar-refractivity contribution in [3.8, 4) is 0 Å². The first-order valence-electron chi connectivity index (χ1n) is 6.33. The number of rotatable bonds is 1. The first-order chi connectivity index (χ1) is 9.48. The molecule has 0 bridgehead atoms. The van der Waals surface area contributed by atoms with Crippen LogP contribution in [0, 0.1) is 0 Å². The number of ether oxygens (including phenoxy) is 1. The molecule has 20 heavy (non-hydrogen) atoms. The molecule has 3 rings (SSSR count). The Hall–Kier alpha value is -1.08. The SMILES string of the molecule is FC(F)(F)c1ccc2c(cnn2C2CCCCO2)c1Br. The number of aromatic nitrogens is 2. The Morgan fingerprint density at radius 3 is 2.75 bits per heavy atom. The zero-order chi connectivity index (χ0) is 14.3. The normalized spacial score (nSPS) is 20.5. The van der Waals surface area contributed by atoms with E-state index in [4.69, 9.17) is 4.74 Å². The van der Waals surface area contributed by atoms with E-state index in [1.165, 1.54) is 12.3 Å². The van der Waals surface area contributed by atoms with E-state index in [1.54, 1.807) is 4.68 Å². The van der Waals surface area contributed by atoms with E-state index in [-0.39, 0.29) is 10.7 Å². The number of benzene rings is 1. The fraction of sp³-hybridized carbons (Fsp3) is 0.462. The van der Waals surface area contributed by atoms with Crippen molar-refractivity contribution in [1.29, 1.82) is 0 Å². The molecule has 1 saturated heterocycles. The van der Waals surface area contributed by atoms with Gasteiger partial charge in [0.1, 0.15) is 0 Å². The van der Waals surface area contributed by atoms with Gasteiger partial charge in [-0.3, -0.25) is 0 Å². The second kappa shape index (κ2) is 5.04. The van der Waals surface area contributed by atoms with Crippen LogP contribution in [0.15, 0.2) is 22.8 Å². The van der Waals surface area contributed by atoms with Crippen molar-refractivity contribution < 1.29 is 17.9 Å². The highest BCUT2D eigenvalue weighted by Gasteiger charge is 2.34. The van der Waals surface area contributed by atoms with Crippen LogP contribution < -0.4 is 0 Å². The Balaban J connectivity index is 2.08. The lowest BCUT2D eigenvalue weighted by atomic mass is 10.1. The smallest absolute Gasteiger partial charge is 0.356 e. The van der Waals surface area contributed by atoms with Gasteiger partial charge in [0.2, 0.25) is 0 Å². The van der Waals surface area contributed by atoms with Gasteiger partial charge in [0, 0.05) is 16.5 Å². The van der Waals surface area contributed by atoms with Crippen molar-refractivity contribution in [1.82, 2.24) is 9.78 Å². The molecule has 0 spiro atoms. The van der Waals surface area contributed by atoms with Crippen molar-refractivity contribution >= 4 is 26.8 Å². The molecule has 0 N–H and O–H groups in total. The number of alkyl halides is 3. The van der Waals surface area contributed by atoms with Crippen molar-refractivity contribution in [3.63, 3.8) is 0 Å². The van der Waals surface area contributed by atoms with E-state index >= 15 is 0 Å². The highest BCUT2D eigenvalue weighted by molar-refractivity contribution is 9.10. The van der Waals surface area contributed by atoms with Gasteiger partial charge in [-0.15, -0.1) is 0 Å². The van der Waals surface area contributed by atoms with E-state index < -0.39 is 11.7 Å². The van der Waals surface area contributed by atoms with Gasteiger partial charge >= 0.3 is 6.18 Å². The van der Waals surface area contributed by atoms with E-state index in [1.807, 2.05) is 0 Å². The molecule has 1 unspecified atom stereocenters. The lowest BCUT2D eigenvalue weighted by Crippen LogP contribution is -2.19. The number of halogens is 4. The molecule has 1 aromatic heterocycles. The first kappa shape index (κ1) is 13.9. The summed E-state index contributed by atoms with van der Waals surface area (Å²) in [5, 5.41) is 4.65. The van der Waals surface area contributed by atoms with Crippen LogP contribution in [-0.2, 0) is 10.9 Å². The number of hydrogen-bond acceptors (Lipinski definition) is 2. The number of fused-ring (bicyclic) bond motifs is 1. The average molecular weight is 349 g/mol. The van der Waals surface area contributed by atoms with E-state index in [9.17, 15) is 13.2 Å². The number of nitrogens with zero attached hydrogens (tertiary/aromatic N) is 2. The zero-order valence-corrected chi connectivity index (χ0v) is 12.0. The molecule has 0 aliphatic carbocycles. The van der Waals surface area contributed by atoms with Gasteiger partial charge in [0.15, 0.2) is 6.23 Å². The van der Waals surface area contributed by atoms with Crippen molar-refractivity contribution in [2.75, 3.05) is 6.61 Å². The van der Waals surface area contributed by atoms with Gasteiger partial charge in [-0.2, -0.15) is 18.3 Å². The maximum Gasteiger partial charge on any atom is 0.417 e. The largest absolute Gasteiger partial charge is 0.417 e. The fourth-order valence-corrected chi connectivity index (χ4v) is 3.11. The summed E-state index contributed by atoms with van der Waals surface area (Å²) in [6.07, 6.45) is -0.242. The zero-order valence-electron chi connectivity index (χ0n) is 10.5. The van der Waals surface area contributed by atoms with E-state index in [0.29, 0.717) is 17.5 Å². The summed E-state index contributed by atoms with van der Waals surface area (Å²) in [7, 11) is 0. The maximum atomic E-state index is 12.9. The standard InChI is InChI=1S/C13H12BrF3N2O/c14-12-8-7-18-19(11-3-1-2-6-20-11)10(8)5-4-9(12)13(15,16)17/h4-5,7,11H,1-3,6H2. The van der Waals surface area contributed by atoms with Crippen LogP contribution in [0.1, 0.15) is 31.1 Å². The first-order valence-corrected chi connectivity index (χ1v) is 7.12. The van der Waals surface area contributed by atoms with Crippen LogP contribution in [0.3, 0.4) is 0 Å². The molecule has 3 nitrogen and oxygen atoms in total. The summed E-state index contributed by atoms with van der Waals surface area (Å²) in [5.74, 6) is 0. The predicted octanol–water partition coefficient (Wildman–Crippen LogP) is 4.52. The second-order valence-electron chi connectivity index (χ2n) is 4.77. The Bertz CT molecular complexity index is 632. The van der Waals surface area contributed by atoms with Crippen LogP contribution in [0.2, 0.25) is 0 Å². The van der Waals surface area contributed by atoms with Crippen molar-refractivity contribution in [2.24, 2.45) is 0 Å². The van der Waals surface area contributed by atoms with Gasteiger partial charge in [-0.25, -0.2) is 4.68 Å². The highest BCUT2D eigenvalue weighted by Crippen LogP contribution is 2.39. The number of hydrogen-bond donors (Lipinski definition) is 0. The molecule has 2 aromatic rings. The molecule has 1 atom stereocenters. The van der Waals surface area contributed by atoms with Gasteiger partial charge < -0.3 is 4.74 Å². The van der Waals surface area contributed by atoms with Crippen molar-refractivity contribution in [3.05, 3.63) is 28.4 Å². The third kappa shape index (κ3) is 2.33. The second-order valence-corrected chi connectivity index (χ2v) is 5.56. The molecule has 1 aliphatic rings. The summed E-state index contributed by atoms with van der Waals surface area (Å²) >= 11 is 3.04. The molecular formula is C13H12BrF3N2O. The van der Waals surface area contributed by atoms with Gasteiger partial charge in [0.25, 0.3) is 0 Å². The van der Waals surface area contributed by atoms with Crippen LogP contribution >= 0.6 is 15.9 Å². The summed E-state index contributed by atoms with van der Waals surface area (Å²) < 4.78 is 45.9. The monoisotopic (exact) mass is 348 g/mol. The molecule has 7 heteroatoms. The Kier molecular flexibility index (Phi) is 3.50. The van der Waals surface area contributed by atoms with E-state index in [2.05, 4.69) is 21.0 Å². The molecule has 1 fully saturated rings.